The highest BCUT2D eigenvalue weighted by Crippen LogP contribution is 2.30. The lowest BCUT2D eigenvalue weighted by Gasteiger charge is -2.33. The lowest BCUT2D eigenvalue weighted by Crippen LogP contribution is -2.43. The second kappa shape index (κ2) is 8.50. The zero-order valence-electron chi connectivity index (χ0n) is 16.3. The molecule has 3 N–H and O–H groups in total. The summed E-state index contributed by atoms with van der Waals surface area (Å²) in [7, 11) is 0. The van der Waals surface area contributed by atoms with E-state index in [1.165, 1.54) is 6.20 Å². The fourth-order valence-corrected chi connectivity index (χ4v) is 3.14. The molecule has 3 rings (SSSR count). The van der Waals surface area contributed by atoms with Crippen molar-refractivity contribution < 1.29 is 8.78 Å². The summed E-state index contributed by atoms with van der Waals surface area (Å²) in [5.41, 5.74) is 8.43. The smallest absolute Gasteiger partial charge is 0.265 e. The number of nitrogens with zero attached hydrogens (tertiary/aromatic N) is 4. The van der Waals surface area contributed by atoms with Crippen molar-refractivity contribution >= 4 is 17.2 Å². The third-order valence-electron chi connectivity index (χ3n) is 4.74. The highest BCUT2D eigenvalue weighted by Gasteiger charge is 2.36. The first kappa shape index (κ1) is 20.0. The molecule has 0 atom stereocenters. The molecule has 28 heavy (non-hydrogen) atoms. The van der Waals surface area contributed by atoms with Crippen LogP contribution in [-0.4, -0.2) is 34.0 Å². The molecule has 0 bridgehead atoms. The van der Waals surface area contributed by atoms with Crippen LogP contribution in [0, 0.1) is 6.92 Å². The third-order valence-corrected chi connectivity index (χ3v) is 4.74. The zero-order chi connectivity index (χ0) is 20.1. The maximum Gasteiger partial charge on any atom is 0.265 e. The Hall–Kier alpha value is -2.77. The van der Waals surface area contributed by atoms with Crippen LogP contribution < -0.4 is 16.0 Å². The van der Waals surface area contributed by atoms with Crippen molar-refractivity contribution in [1.29, 1.82) is 0 Å². The first-order valence-electron chi connectivity index (χ1n) is 9.48. The predicted molar refractivity (Wildman–Crippen MR) is 107 cm³/mol. The van der Waals surface area contributed by atoms with Gasteiger partial charge in [0, 0.05) is 49.2 Å². The maximum absolute atomic E-state index is 13.9. The summed E-state index contributed by atoms with van der Waals surface area (Å²) in [5.74, 6) is -1.19. The number of aryl methyl sites for hydroxylation is 1. The lowest BCUT2D eigenvalue weighted by molar-refractivity contribution is -0.0118. The van der Waals surface area contributed by atoms with Gasteiger partial charge in [0.25, 0.3) is 5.92 Å². The minimum absolute atomic E-state index is 0.0874. The van der Waals surface area contributed by atoms with Gasteiger partial charge in [-0.3, -0.25) is 4.98 Å². The van der Waals surface area contributed by atoms with Crippen LogP contribution >= 0.6 is 0 Å². The summed E-state index contributed by atoms with van der Waals surface area (Å²) in [6.07, 6.45) is 4.26. The second-order valence-corrected chi connectivity index (χ2v) is 7.02. The molecule has 0 saturated carbocycles. The Balaban J connectivity index is 1.87. The van der Waals surface area contributed by atoms with Gasteiger partial charge < -0.3 is 16.0 Å². The van der Waals surface area contributed by atoms with E-state index in [4.69, 9.17) is 5.73 Å². The third kappa shape index (κ3) is 4.94. The standard InChI is InChI=1S/C20H26F2N6/c1-3-16(10-23)19-26-17(25-12-15-6-5-14(2)24-11-15)9-18(27-19)28-8-4-7-20(21,22)13-28/h5-6,9-11H,3-4,7-8,12-13,23H2,1-2H3,(H,25,26,27). The minimum atomic E-state index is -2.71. The summed E-state index contributed by atoms with van der Waals surface area (Å²) in [4.78, 5) is 14.9. The number of pyridine rings is 1. The number of piperidine rings is 1. The molecule has 0 unspecified atom stereocenters. The molecule has 150 valence electrons. The Bertz CT molecular complexity index is 835. The number of nitrogens with one attached hydrogen (secondary N) is 1. The number of nitrogens with two attached hydrogens (primary N) is 1. The van der Waals surface area contributed by atoms with E-state index in [0.717, 1.165) is 16.8 Å². The summed E-state index contributed by atoms with van der Waals surface area (Å²) < 4.78 is 27.8. The van der Waals surface area contributed by atoms with Crippen LogP contribution in [-0.2, 0) is 6.54 Å². The van der Waals surface area contributed by atoms with Gasteiger partial charge in [-0.1, -0.05) is 13.0 Å². The average Bonchev–Trinajstić information content (AvgIpc) is 2.68. The number of halogens is 2. The molecule has 1 aliphatic rings. The number of hydrogen-bond donors (Lipinski definition) is 2. The first-order chi connectivity index (χ1) is 13.4. The monoisotopic (exact) mass is 388 g/mol. The van der Waals surface area contributed by atoms with Gasteiger partial charge in [0.2, 0.25) is 0 Å². The molecule has 2 aromatic heterocycles. The maximum atomic E-state index is 13.9. The molecule has 0 radical (unpaired) electrons. The number of hydrogen-bond acceptors (Lipinski definition) is 6. The number of aromatic nitrogens is 3. The minimum Gasteiger partial charge on any atom is -0.404 e. The quantitative estimate of drug-likeness (QED) is 0.785. The highest BCUT2D eigenvalue weighted by atomic mass is 19.3. The Labute approximate surface area is 163 Å². The van der Waals surface area contributed by atoms with E-state index in [-0.39, 0.29) is 13.0 Å². The zero-order valence-corrected chi connectivity index (χ0v) is 16.3. The fourth-order valence-electron chi connectivity index (χ4n) is 3.14. The van der Waals surface area contributed by atoms with Gasteiger partial charge in [0.1, 0.15) is 11.6 Å². The van der Waals surface area contributed by atoms with E-state index in [2.05, 4.69) is 20.3 Å². The van der Waals surface area contributed by atoms with E-state index in [9.17, 15) is 8.78 Å². The number of anilines is 2. The molecular formula is C20H26F2N6. The van der Waals surface area contributed by atoms with Crippen LogP contribution in [0.5, 0.6) is 0 Å². The number of alkyl halides is 2. The van der Waals surface area contributed by atoms with Crippen molar-refractivity contribution in [2.24, 2.45) is 5.73 Å². The van der Waals surface area contributed by atoms with Crippen molar-refractivity contribution in [2.75, 3.05) is 23.3 Å². The normalized spacial score (nSPS) is 16.9. The van der Waals surface area contributed by atoms with Gasteiger partial charge in [0.05, 0.1) is 6.54 Å². The van der Waals surface area contributed by atoms with Gasteiger partial charge in [-0.2, -0.15) is 0 Å². The molecule has 1 aliphatic heterocycles. The van der Waals surface area contributed by atoms with Gasteiger partial charge in [-0.05, 0) is 31.4 Å². The lowest BCUT2D eigenvalue weighted by atomic mass is 10.1. The van der Waals surface area contributed by atoms with Crippen LogP contribution in [0.15, 0.2) is 30.6 Å². The van der Waals surface area contributed by atoms with Gasteiger partial charge in [-0.25, -0.2) is 18.7 Å². The van der Waals surface area contributed by atoms with Crippen molar-refractivity contribution in [3.63, 3.8) is 0 Å². The summed E-state index contributed by atoms with van der Waals surface area (Å²) in [6, 6.07) is 5.65. The molecule has 1 fully saturated rings. The molecule has 8 heteroatoms. The van der Waals surface area contributed by atoms with Crippen molar-refractivity contribution in [3.05, 3.63) is 47.7 Å². The summed E-state index contributed by atoms with van der Waals surface area (Å²) >= 11 is 0. The molecule has 0 amide bonds. The van der Waals surface area contributed by atoms with E-state index >= 15 is 0 Å². The van der Waals surface area contributed by atoms with Gasteiger partial charge in [-0.15, -0.1) is 0 Å². The summed E-state index contributed by atoms with van der Waals surface area (Å²) in [5, 5.41) is 3.25. The van der Waals surface area contributed by atoms with Crippen molar-refractivity contribution in [2.45, 2.75) is 45.6 Å². The molecule has 2 aromatic rings. The average molecular weight is 388 g/mol. The fraction of sp³-hybridized carbons (Fsp3) is 0.450. The first-order valence-corrected chi connectivity index (χ1v) is 9.48. The van der Waals surface area contributed by atoms with E-state index in [0.29, 0.717) is 43.4 Å². The highest BCUT2D eigenvalue weighted by molar-refractivity contribution is 5.63. The number of allylic oxidation sites excluding steroid dienone is 1. The molecule has 0 aromatic carbocycles. The van der Waals surface area contributed by atoms with Crippen LogP contribution in [0.2, 0.25) is 0 Å². The molecule has 3 heterocycles. The van der Waals surface area contributed by atoms with Crippen molar-refractivity contribution in [3.8, 4) is 0 Å². The molecule has 1 saturated heterocycles. The van der Waals surface area contributed by atoms with E-state index in [1.807, 2.05) is 26.0 Å². The number of rotatable bonds is 6. The van der Waals surface area contributed by atoms with Crippen LogP contribution in [0.25, 0.3) is 5.57 Å². The Morgan fingerprint density at radius 1 is 1.36 bits per heavy atom. The van der Waals surface area contributed by atoms with Gasteiger partial charge >= 0.3 is 0 Å². The largest absolute Gasteiger partial charge is 0.404 e. The SMILES string of the molecule is CCC(=CN)c1nc(NCc2ccc(C)nc2)cc(N2CCCC(F)(F)C2)n1. The Morgan fingerprint density at radius 2 is 2.18 bits per heavy atom. The topological polar surface area (TPSA) is 80.0 Å². The summed E-state index contributed by atoms with van der Waals surface area (Å²) in [6.45, 7) is 4.61. The van der Waals surface area contributed by atoms with Crippen LogP contribution in [0.4, 0.5) is 20.4 Å². The molecule has 0 aliphatic carbocycles. The van der Waals surface area contributed by atoms with E-state index < -0.39 is 5.92 Å². The Morgan fingerprint density at radius 3 is 2.82 bits per heavy atom. The predicted octanol–water partition coefficient (Wildman–Crippen LogP) is 3.74. The molecule has 6 nitrogen and oxygen atoms in total. The Kier molecular flexibility index (Phi) is 6.06. The van der Waals surface area contributed by atoms with Crippen LogP contribution in [0.3, 0.4) is 0 Å². The van der Waals surface area contributed by atoms with Crippen LogP contribution in [0.1, 0.15) is 43.3 Å². The van der Waals surface area contributed by atoms with E-state index in [1.54, 1.807) is 17.2 Å². The second-order valence-electron chi connectivity index (χ2n) is 7.02. The molecule has 0 spiro atoms. The van der Waals surface area contributed by atoms with Gasteiger partial charge in [0.15, 0.2) is 5.82 Å². The van der Waals surface area contributed by atoms with Crippen molar-refractivity contribution in [1.82, 2.24) is 15.0 Å². The molecular weight excluding hydrogens is 362 g/mol.